The standard InChI is InChI=1S/C14H21NO4S2/c1-20(16,17)13-5-3-4-12(14(13)21(2,18)19)10-11-6-8-15-9-7-11/h3-5,11,15H,6-10H2,1-2H3. The zero-order valence-electron chi connectivity index (χ0n) is 12.3. The Morgan fingerprint density at radius 3 is 2.19 bits per heavy atom. The minimum Gasteiger partial charge on any atom is -0.317 e. The van der Waals surface area contributed by atoms with E-state index in [1.54, 1.807) is 12.1 Å². The molecule has 118 valence electrons. The lowest BCUT2D eigenvalue weighted by atomic mass is 9.91. The fourth-order valence-corrected chi connectivity index (χ4v) is 5.59. The van der Waals surface area contributed by atoms with Crippen LogP contribution in [0.1, 0.15) is 18.4 Å². The number of nitrogens with one attached hydrogen (secondary N) is 1. The first-order valence-electron chi connectivity index (χ1n) is 6.92. The molecule has 21 heavy (non-hydrogen) atoms. The maximum absolute atomic E-state index is 12.1. The molecule has 0 spiro atoms. The summed E-state index contributed by atoms with van der Waals surface area (Å²) in [6.07, 6.45) is 4.68. The van der Waals surface area contributed by atoms with Crippen molar-refractivity contribution >= 4 is 19.7 Å². The minimum absolute atomic E-state index is 0.0222. The van der Waals surface area contributed by atoms with Gasteiger partial charge in [-0.05, 0) is 49.9 Å². The van der Waals surface area contributed by atoms with Crippen molar-refractivity contribution in [3.8, 4) is 0 Å². The summed E-state index contributed by atoms with van der Waals surface area (Å²) in [6.45, 7) is 1.84. The predicted octanol–water partition coefficient (Wildman–Crippen LogP) is 1.04. The van der Waals surface area contributed by atoms with Gasteiger partial charge in [0.25, 0.3) is 0 Å². The molecular weight excluding hydrogens is 310 g/mol. The van der Waals surface area contributed by atoms with Crippen LogP contribution in [0.4, 0.5) is 0 Å². The summed E-state index contributed by atoms with van der Waals surface area (Å²) in [5.74, 6) is 0.390. The molecule has 5 nitrogen and oxygen atoms in total. The fourth-order valence-electron chi connectivity index (χ4n) is 2.83. The van der Waals surface area contributed by atoms with Gasteiger partial charge in [-0.1, -0.05) is 12.1 Å². The van der Waals surface area contributed by atoms with Crippen LogP contribution >= 0.6 is 0 Å². The Labute approximate surface area is 126 Å². The van der Waals surface area contributed by atoms with Crippen LogP contribution in [-0.4, -0.2) is 42.4 Å². The summed E-state index contributed by atoms with van der Waals surface area (Å²) in [5.41, 5.74) is 0.618. The van der Waals surface area contributed by atoms with E-state index < -0.39 is 19.7 Å². The minimum atomic E-state index is -3.59. The molecule has 1 saturated heterocycles. The highest BCUT2D eigenvalue weighted by Crippen LogP contribution is 2.28. The molecule has 1 heterocycles. The topological polar surface area (TPSA) is 80.3 Å². The monoisotopic (exact) mass is 331 g/mol. The smallest absolute Gasteiger partial charge is 0.177 e. The zero-order chi connectivity index (χ0) is 15.7. The van der Waals surface area contributed by atoms with Crippen molar-refractivity contribution in [2.24, 2.45) is 5.92 Å². The van der Waals surface area contributed by atoms with Crippen LogP contribution in [0.15, 0.2) is 28.0 Å². The lowest BCUT2D eigenvalue weighted by Gasteiger charge is -2.23. The van der Waals surface area contributed by atoms with Crippen molar-refractivity contribution in [2.45, 2.75) is 29.1 Å². The predicted molar refractivity (Wildman–Crippen MR) is 82.0 cm³/mol. The van der Waals surface area contributed by atoms with Crippen LogP contribution in [0.2, 0.25) is 0 Å². The number of hydrogen-bond donors (Lipinski definition) is 1. The Kier molecular flexibility index (Phi) is 4.75. The molecule has 0 radical (unpaired) electrons. The van der Waals surface area contributed by atoms with Gasteiger partial charge < -0.3 is 5.32 Å². The van der Waals surface area contributed by atoms with E-state index in [-0.39, 0.29) is 9.79 Å². The molecule has 7 heteroatoms. The van der Waals surface area contributed by atoms with Gasteiger partial charge in [-0.2, -0.15) is 0 Å². The molecule has 0 saturated carbocycles. The van der Waals surface area contributed by atoms with Crippen molar-refractivity contribution in [2.75, 3.05) is 25.6 Å². The largest absolute Gasteiger partial charge is 0.317 e. The summed E-state index contributed by atoms with van der Waals surface area (Å²) < 4.78 is 47.9. The van der Waals surface area contributed by atoms with Gasteiger partial charge in [-0.25, -0.2) is 16.8 Å². The van der Waals surface area contributed by atoms with Gasteiger partial charge in [0, 0.05) is 12.5 Å². The number of piperidine rings is 1. The summed E-state index contributed by atoms with van der Waals surface area (Å²) in [7, 11) is -7.16. The molecular formula is C14H21NO4S2. The van der Waals surface area contributed by atoms with Crippen LogP contribution < -0.4 is 5.32 Å². The second-order valence-corrected chi connectivity index (χ2v) is 9.62. The van der Waals surface area contributed by atoms with Gasteiger partial charge in [0.05, 0.1) is 9.79 Å². The fraction of sp³-hybridized carbons (Fsp3) is 0.571. The Morgan fingerprint density at radius 1 is 1.05 bits per heavy atom. The molecule has 1 fully saturated rings. The normalized spacial score (nSPS) is 17.8. The first-order chi connectivity index (χ1) is 9.69. The second kappa shape index (κ2) is 6.06. The van der Waals surface area contributed by atoms with Gasteiger partial charge in [-0.3, -0.25) is 0 Å². The third-order valence-electron chi connectivity index (χ3n) is 3.80. The highest BCUT2D eigenvalue weighted by atomic mass is 32.2. The molecule has 0 atom stereocenters. The number of rotatable bonds is 4. The third-order valence-corrected chi connectivity index (χ3v) is 6.29. The molecule has 0 aliphatic carbocycles. The summed E-state index contributed by atoms with van der Waals surface area (Å²) in [4.78, 5) is -0.109. The molecule has 0 aromatic heterocycles. The summed E-state index contributed by atoms with van der Waals surface area (Å²) in [6, 6.07) is 4.73. The average molecular weight is 331 g/mol. The van der Waals surface area contributed by atoms with E-state index in [1.807, 2.05) is 0 Å². The molecule has 0 unspecified atom stereocenters. The van der Waals surface area contributed by atoms with Crippen molar-refractivity contribution in [3.05, 3.63) is 23.8 Å². The number of hydrogen-bond acceptors (Lipinski definition) is 5. The van der Waals surface area contributed by atoms with Gasteiger partial charge in [0.2, 0.25) is 0 Å². The molecule has 0 amide bonds. The SMILES string of the molecule is CS(=O)(=O)c1cccc(CC2CCNCC2)c1S(C)(=O)=O. The van der Waals surface area contributed by atoms with E-state index in [9.17, 15) is 16.8 Å². The van der Waals surface area contributed by atoms with Gasteiger partial charge >= 0.3 is 0 Å². The maximum atomic E-state index is 12.1. The highest BCUT2D eigenvalue weighted by molar-refractivity contribution is 7.93. The lowest BCUT2D eigenvalue weighted by Crippen LogP contribution is -2.29. The molecule has 1 aliphatic rings. The van der Waals surface area contributed by atoms with Gasteiger partial charge in [0.1, 0.15) is 0 Å². The molecule has 2 rings (SSSR count). The van der Waals surface area contributed by atoms with E-state index in [4.69, 9.17) is 0 Å². The molecule has 1 aromatic rings. The van der Waals surface area contributed by atoms with E-state index >= 15 is 0 Å². The Bertz CT molecular complexity index is 717. The Morgan fingerprint density at radius 2 is 1.67 bits per heavy atom. The van der Waals surface area contributed by atoms with Crippen LogP contribution in [-0.2, 0) is 26.1 Å². The van der Waals surface area contributed by atoms with Crippen molar-refractivity contribution in [1.82, 2.24) is 5.32 Å². The van der Waals surface area contributed by atoms with Crippen molar-refractivity contribution in [3.63, 3.8) is 0 Å². The van der Waals surface area contributed by atoms with E-state index in [1.165, 1.54) is 6.07 Å². The summed E-state index contributed by atoms with van der Waals surface area (Å²) >= 11 is 0. The Hall–Kier alpha value is -0.920. The van der Waals surface area contributed by atoms with Crippen LogP contribution in [0.5, 0.6) is 0 Å². The maximum Gasteiger partial charge on any atom is 0.177 e. The van der Waals surface area contributed by atoms with Crippen LogP contribution in [0.3, 0.4) is 0 Å². The van der Waals surface area contributed by atoms with Crippen LogP contribution in [0.25, 0.3) is 0 Å². The highest BCUT2D eigenvalue weighted by Gasteiger charge is 2.25. The zero-order valence-corrected chi connectivity index (χ0v) is 13.9. The first kappa shape index (κ1) is 16.5. The molecule has 0 bridgehead atoms. The quantitative estimate of drug-likeness (QED) is 0.891. The lowest BCUT2D eigenvalue weighted by molar-refractivity contribution is 0.370. The third kappa shape index (κ3) is 4.05. The Balaban J connectivity index is 2.50. The van der Waals surface area contributed by atoms with E-state index in [0.29, 0.717) is 17.9 Å². The van der Waals surface area contributed by atoms with E-state index in [2.05, 4.69) is 5.32 Å². The molecule has 1 N–H and O–H groups in total. The van der Waals surface area contributed by atoms with Gasteiger partial charge in [-0.15, -0.1) is 0 Å². The number of sulfone groups is 2. The van der Waals surface area contributed by atoms with Gasteiger partial charge in [0.15, 0.2) is 19.7 Å². The van der Waals surface area contributed by atoms with E-state index in [0.717, 1.165) is 38.4 Å². The number of benzene rings is 1. The molecule has 1 aliphatic heterocycles. The van der Waals surface area contributed by atoms with Crippen LogP contribution in [0, 0.1) is 5.92 Å². The summed E-state index contributed by atoms with van der Waals surface area (Å²) in [5, 5.41) is 3.27. The average Bonchev–Trinajstić information content (AvgIpc) is 2.37. The second-order valence-electron chi connectivity index (χ2n) is 5.69. The molecule has 1 aromatic carbocycles. The van der Waals surface area contributed by atoms with Crippen molar-refractivity contribution < 1.29 is 16.8 Å². The van der Waals surface area contributed by atoms with Crippen molar-refractivity contribution in [1.29, 1.82) is 0 Å². The first-order valence-corrected chi connectivity index (χ1v) is 10.7.